The zero-order chi connectivity index (χ0) is 12.3. The average molecular weight is 239 g/mol. The van der Waals surface area contributed by atoms with Crippen molar-refractivity contribution in [3.8, 4) is 0 Å². The Hall–Kier alpha value is -0.960. The van der Waals surface area contributed by atoms with E-state index in [1.165, 1.54) is 18.9 Å². The quantitative estimate of drug-likeness (QED) is 0.851. The van der Waals surface area contributed by atoms with E-state index in [9.17, 15) is 8.78 Å². The van der Waals surface area contributed by atoms with Crippen molar-refractivity contribution < 1.29 is 8.78 Å². The van der Waals surface area contributed by atoms with Gasteiger partial charge < -0.3 is 5.32 Å². The molecular weight excluding hydrogens is 220 g/mol. The van der Waals surface area contributed by atoms with Crippen LogP contribution in [0.1, 0.15) is 24.8 Å². The topological polar surface area (TPSA) is 12.0 Å². The fraction of sp³-hybridized carbons (Fsp3) is 0.571. The predicted octanol–water partition coefficient (Wildman–Crippen LogP) is 3.14. The van der Waals surface area contributed by atoms with E-state index >= 15 is 0 Å². The molecule has 1 aromatic rings. The molecule has 2 rings (SSSR count). The summed E-state index contributed by atoms with van der Waals surface area (Å²) in [5.74, 6) is 0.261. The van der Waals surface area contributed by atoms with E-state index in [0.29, 0.717) is 17.4 Å². The number of nitrogens with one attached hydrogen (secondary N) is 1. The molecule has 0 saturated heterocycles. The molecule has 1 fully saturated rings. The normalized spacial score (nSPS) is 24.2. The van der Waals surface area contributed by atoms with E-state index in [1.807, 2.05) is 7.05 Å². The van der Waals surface area contributed by atoms with Gasteiger partial charge in [-0.3, -0.25) is 0 Å². The maximum atomic E-state index is 13.6. The lowest BCUT2D eigenvalue weighted by atomic mass is 9.89. The van der Waals surface area contributed by atoms with Crippen LogP contribution in [0.5, 0.6) is 0 Å². The maximum Gasteiger partial charge on any atom is 0.129 e. The van der Waals surface area contributed by atoms with Crippen LogP contribution in [-0.2, 0) is 6.42 Å². The largest absolute Gasteiger partial charge is 0.319 e. The first-order valence-electron chi connectivity index (χ1n) is 6.29. The molecule has 1 aliphatic rings. The first-order chi connectivity index (χ1) is 8.20. The van der Waals surface area contributed by atoms with Crippen molar-refractivity contribution in [2.75, 3.05) is 13.6 Å². The van der Waals surface area contributed by atoms with Crippen LogP contribution in [0.15, 0.2) is 18.2 Å². The highest BCUT2D eigenvalue weighted by Gasteiger charge is 2.27. The second-order valence-corrected chi connectivity index (χ2v) is 4.95. The van der Waals surface area contributed by atoms with Crippen LogP contribution in [0.3, 0.4) is 0 Å². The minimum Gasteiger partial charge on any atom is -0.319 e. The molecular formula is C14H19F2N. The lowest BCUT2D eigenvalue weighted by Gasteiger charge is -2.19. The molecule has 1 N–H and O–H groups in total. The summed E-state index contributed by atoms with van der Waals surface area (Å²) in [6, 6.07) is 3.91. The minimum atomic E-state index is -0.496. The number of rotatable bonds is 4. The van der Waals surface area contributed by atoms with E-state index in [2.05, 4.69) is 5.32 Å². The Morgan fingerprint density at radius 1 is 1.24 bits per heavy atom. The van der Waals surface area contributed by atoms with E-state index in [4.69, 9.17) is 0 Å². The molecule has 0 amide bonds. The number of benzene rings is 1. The summed E-state index contributed by atoms with van der Waals surface area (Å²) in [7, 11) is 1.95. The molecule has 1 nitrogen and oxygen atoms in total. The van der Waals surface area contributed by atoms with Crippen LogP contribution in [0.25, 0.3) is 0 Å². The molecule has 0 aliphatic heterocycles. The van der Waals surface area contributed by atoms with Crippen LogP contribution >= 0.6 is 0 Å². The fourth-order valence-corrected chi connectivity index (χ4v) is 2.88. The van der Waals surface area contributed by atoms with Gasteiger partial charge in [-0.05, 0) is 56.3 Å². The summed E-state index contributed by atoms with van der Waals surface area (Å²) in [5, 5.41) is 3.20. The SMILES string of the molecule is CNCC1CCCC1Cc1ccc(F)cc1F. The van der Waals surface area contributed by atoms with E-state index < -0.39 is 11.6 Å². The maximum absolute atomic E-state index is 13.6. The van der Waals surface area contributed by atoms with Crippen molar-refractivity contribution >= 4 is 0 Å². The molecule has 0 bridgehead atoms. The first-order valence-corrected chi connectivity index (χ1v) is 6.29. The van der Waals surface area contributed by atoms with Crippen molar-refractivity contribution in [3.05, 3.63) is 35.4 Å². The van der Waals surface area contributed by atoms with Gasteiger partial charge in [0.1, 0.15) is 11.6 Å². The zero-order valence-corrected chi connectivity index (χ0v) is 10.2. The molecule has 0 spiro atoms. The van der Waals surface area contributed by atoms with Gasteiger partial charge in [0, 0.05) is 6.07 Å². The van der Waals surface area contributed by atoms with Crippen molar-refractivity contribution in [1.82, 2.24) is 5.32 Å². The molecule has 17 heavy (non-hydrogen) atoms. The Kier molecular flexibility index (Phi) is 4.11. The molecule has 94 valence electrons. The summed E-state index contributed by atoms with van der Waals surface area (Å²) in [6.07, 6.45) is 4.33. The monoisotopic (exact) mass is 239 g/mol. The van der Waals surface area contributed by atoms with Gasteiger partial charge in [0.2, 0.25) is 0 Å². The number of hydrogen-bond acceptors (Lipinski definition) is 1. The second kappa shape index (κ2) is 5.58. The van der Waals surface area contributed by atoms with Gasteiger partial charge in [-0.1, -0.05) is 12.5 Å². The number of halogens is 2. The van der Waals surface area contributed by atoms with Gasteiger partial charge in [-0.2, -0.15) is 0 Å². The minimum absolute atomic E-state index is 0.403. The van der Waals surface area contributed by atoms with Crippen molar-refractivity contribution in [1.29, 1.82) is 0 Å². The molecule has 1 aliphatic carbocycles. The second-order valence-electron chi connectivity index (χ2n) is 4.95. The Bertz CT molecular complexity index is 378. The Morgan fingerprint density at radius 2 is 2.00 bits per heavy atom. The zero-order valence-electron chi connectivity index (χ0n) is 10.2. The Labute approximate surface area is 101 Å². The third-order valence-electron chi connectivity index (χ3n) is 3.78. The molecule has 2 unspecified atom stereocenters. The fourth-order valence-electron chi connectivity index (χ4n) is 2.88. The van der Waals surface area contributed by atoms with E-state index in [-0.39, 0.29) is 0 Å². The third-order valence-corrected chi connectivity index (χ3v) is 3.78. The summed E-state index contributed by atoms with van der Waals surface area (Å²) in [5.41, 5.74) is 0.652. The van der Waals surface area contributed by atoms with Gasteiger partial charge in [-0.15, -0.1) is 0 Å². The van der Waals surface area contributed by atoms with Gasteiger partial charge in [0.15, 0.2) is 0 Å². The van der Waals surface area contributed by atoms with Crippen LogP contribution < -0.4 is 5.32 Å². The highest BCUT2D eigenvalue weighted by atomic mass is 19.1. The lowest BCUT2D eigenvalue weighted by molar-refractivity contribution is 0.370. The van der Waals surface area contributed by atoms with E-state index in [0.717, 1.165) is 25.5 Å². The molecule has 2 atom stereocenters. The van der Waals surface area contributed by atoms with Crippen LogP contribution in [0, 0.1) is 23.5 Å². The van der Waals surface area contributed by atoms with Gasteiger partial charge in [0.05, 0.1) is 0 Å². The van der Waals surface area contributed by atoms with Gasteiger partial charge in [0.25, 0.3) is 0 Å². The Morgan fingerprint density at radius 3 is 2.71 bits per heavy atom. The summed E-state index contributed by atoms with van der Waals surface area (Å²) in [4.78, 5) is 0. The average Bonchev–Trinajstić information content (AvgIpc) is 2.71. The van der Waals surface area contributed by atoms with Gasteiger partial charge >= 0.3 is 0 Å². The molecule has 1 aromatic carbocycles. The summed E-state index contributed by atoms with van der Waals surface area (Å²) in [6.45, 7) is 0.994. The molecule has 0 radical (unpaired) electrons. The van der Waals surface area contributed by atoms with E-state index in [1.54, 1.807) is 6.07 Å². The highest BCUT2D eigenvalue weighted by Crippen LogP contribution is 2.34. The molecule has 3 heteroatoms. The Balaban J connectivity index is 2.04. The van der Waals surface area contributed by atoms with Crippen molar-refractivity contribution in [2.45, 2.75) is 25.7 Å². The van der Waals surface area contributed by atoms with Crippen molar-refractivity contribution in [2.24, 2.45) is 11.8 Å². The van der Waals surface area contributed by atoms with Gasteiger partial charge in [-0.25, -0.2) is 8.78 Å². The number of hydrogen-bond donors (Lipinski definition) is 1. The molecule has 1 saturated carbocycles. The van der Waals surface area contributed by atoms with Crippen LogP contribution in [0.2, 0.25) is 0 Å². The van der Waals surface area contributed by atoms with Crippen LogP contribution in [-0.4, -0.2) is 13.6 Å². The summed E-state index contributed by atoms with van der Waals surface area (Å²) >= 11 is 0. The summed E-state index contributed by atoms with van der Waals surface area (Å²) < 4.78 is 26.4. The standard InChI is InChI=1S/C14H19F2N/c1-17-9-12-4-2-3-10(12)7-11-5-6-13(15)8-14(11)16/h5-6,8,10,12,17H,2-4,7,9H2,1H3. The lowest BCUT2D eigenvalue weighted by Crippen LogP contribution is -2.23. The highest BCUT2D eigenvalue weighted by molar-refractivity contribution is 5.19. The smallest absolute Gasteiger partial charge is 0.129 e. The van der Waals surface area contributed by atoms with Crippen LogP contribution in [0.4, 0.5) is 8.78 Å². The third kappa shape index (κ3) is 3.03. The predicted molar refractivity (Wildman–Crippen MR) is 64.8 cm³/mol. The van der Waals surface area contributed by atoms with Crippen molar-refractivity contribution in [3.63, 3.8) is 0 Å². The molecule has 0 aromatic heterocycles. The first kappa shape index (κ1) is 12.5. The molecule has 0 heterocycles.